The molecule has 2 nitrogen and oxygen atoms in total. The predicted molar refractivity (Wildman–Crippen MR) is 62.6 cm³/mol. The zero-order valence-corrected chi connectivity index (χ0v) is 10.2. The molecule has 0 aliphatic heterocycles. The van der Waals surface area contributed by atoms with Gasteiger partial charge >= 0.3 is 0 Å². The number of nitrogens with one attached hydrogen (secondary N) is 1. The summed E-state index contributed by atoms with van der Waals surface area (Å²) in [4.78, 5) is 0. The monoisotopic (exact) mass is 199 g/mol. The Morgan fingerprint density at radius 3 is 2.43 bits per heavy atom. The Hall–Kier alpha value is -0.340. The molecule has 0 aromatic carbocycles. The minimum absolute atomic E-state index is 0.220. The van der Waals surface area contributed by atoms with Gasteiger partial charge in [0.2, 0.25) is 0 Å². The molecule has 1 N–H and O–H groups in total. The lowest BCUT2D eigenvalue weighted by Crippen LogP contribution is -2.36. The lowest BCUT2D eigenvalue weighted by molar-refractivity contribution is 0.133. The molecule has 0 atom stereocenters. The molecule has 84 valence electrons. The minimum Gasteiger partial charge on any atom is -0.381 e. The lowest BCUT2D eigenvalue weighted by atomic mass is 10.1. The molecule has 0 unspecified atom stereocenters. The molecule has 0 spiro atoms. The summed E-state index contributed by atoms with van der Waals surface area (Å²) in [6.45, 7) is 15.1. The Kier molecular flexibility index (Phi) is 6.85. The van der Waals surface area contributed by atoms with Crippen LogP contribution in [0.2, 0.25) is 0 Å². The van der Waals surface area contributed by atoms with E-state index in [0.717, 1.165) is 32.6 Å². The Bertz CT molecular complexity index is 158. The van der Waals surface area contributed by atoms with E-state index in [1.165, 1.54) is 5.57 Å². The van der Waals surface area contributed by atoms with Crippen molar-refractivity contribution in [3.05, 3.63) is 12.2 Å². The quantitative estimate of drug-likeness (QED) is 0.503. The van der Waals surface area contributed by atoms with Gasteiger partial charge in [-0.15, -0.1) is 6.58 Å². The van der Waals surface area contributed by atoms with E-state index in [1.807, 2.05) is 6.92 Å². The van der Waals surface area contributed by atoms with Crippen LogP contribution in [0.3, 0.4) is 0 Å². The zero-order chi connectivity index (χ0) is 11.0. The largest absolute Gasteiger partial charge is 0.381 e. The number of ether oxygens (including phenoxy) is 1. The second-order valence-electron chi connectivity index (χ2n) is 4.85. The first-order valence-corrected chi connectivity index (χ1v) is 5.39. The van der Waals surface area contributed by atoms with Crippen LogP contribution in [0.5, 0.6) is 0 Å². The molecule has 0 saturated carbocycles. The van der Waals surface area contributed by atoms with Gasteiger partial charge in [-0.05, 0) is 47.1 Å². The molecule has 0 aliphatic carbocycles. The molecule has 0 heterocycles. The van der Waals surface area contributed by atoms with Crippen LogP contribution in [-0.4, -0.2) is 25.3 Å². The van der Waals surface area contributed by atoms with Crippen molar-refractivity contribution >= 4 is 0 Å². The van der Waals surface area contributed by atoms with Gasteiger partial charge in [-0.3, -0.25) is 0 Å². The van der Waals surface area contributed by atoms with Crippen LogP contribution in [0.4, 0.5) is 0 Å². The summed E-state index contributed by atoms with van der Waals surface area (Å²) in [6.07, 6.45) is 2.06. The van der Waals surface area contributed by atoms with Crippen molar-refractivity contribution in [3.8, 4) is 0 Å². The van der Waals surface area contributed by atoms with Crippen molar-refractivity contribution in [1.29, 1.82) is 0 Å². The standard InChI is InChI=1S/C12H25NO/c1-11(2)7-10-14-9-6-8-13-12(3,4)5/h13H,1,6-10H2,2-5H3. The summed E-state index contributed by atoms with van der Waals surface area (Å²) in [5.74, 6) is 0. The van der Waals surface area contributed by atoms with Gasteiger partial charge in [-0.25, -0.2) is 0 Å². The fourth-order valence-electron chi connectivity index (χ4n) is 0.986. The van der Waals surface area contributed by atoms with E-state index in [1.54, 1.807) is 0 Å². The van der Waals surface area contributed by atoms with Gasteiger partial charge in [-0.1, -0.05) is 5.57 Å². The van der Waals surface area contributed by atoms with E-state index >= 15 is 0 Å². The fourth-order valence-corrected chi connectivity index (χ4v) is 0.986. The molecule has 0 radical (unpaired) electrons. The normalized spacial score (nSPS) is 11.7. The summed E-state index contributed by atoms with van der Waals surface area (Å²) in [5, 5.41) is 3.42. The molecule has 0 bridgehead atoms. The highest BCUT2D eigenvalue weighted by Crippen LogP contribution is 1.99. The molecular weight excluding hydrogens is 174 g/mol. The van der Waals surface area contributed by atoms with Crippen molar-refractivity contribution in [1.82, 2.24) is 5.32 Å². The van der Waals surface area contributed by atoms with Gasteiger partial charge in [0.25, 0.3) is 0 Å². The fraction of sp³-hybridized carbons (Fsp3) is 0.833. The van der Waals surface area contributed by atoms with E-state index in [9.17, 15) is 0 Å². The lowest BCUT2D eigenvalue weighted by Gasteiger charge is -2.20. The van der Waals surface area contributed by atoms with E-state index in [-0.39, 0.29) is 5.54 Å². The van der Waals surface area contributed by atoms with Crippen molar-refractivity contribution in [2.24, 2.45) is 0 Å². The van der Waals surface area contributed by atoms with Crippen molar-refractivity contribution < 1.29 is 4.74 Å². The molecule has 2 heteroatoms. The molecule has 0 saturated heterocycles. The third-order valence-corrected chi connectivity index (χ3v) is 1.79. The van der Waals surface area contributed by atoms with Gasteiger partial charge in [0, 0.05) is 12.1 Å². The van der Waals surface area contributed by atoms with Crippen molar-refractivity contribution in [2.45, 2.75) is 46.1 Å². The van der Waals surface area contributed by atoms with E-state index in [2.05, 4.69) is 32.7 Å². The molecular formula is C12H25NO. The first-order chi connectivity index (χ1) is 6.42. The van der Waals surface area contributed by atoms with Crippen LogP contribution in [0, 0.1) is 0 Å². The number of hydrogen-bond acceptors (Lipinski definition) is 2. The molecule has 14 heavy (non-hydrogen) atoms. The summed E-state index contributed by atoms with van der Waals surface area (Å²) in [7, 11) is 0. The Morgan fingerprint density at radius 2 is 1.93 bits per heavy atom. The maximum absolute atomic E-state index is 5.46. The summed E-state index contributed by atoms with van der Waals surface area (Å²) >= 11 is 0. The highest BCUT2D eigenvalue weighted by atomic mass is 16.5. The number of hydrogen-bond donors (Lipinski definition) is 1. The predicted octanol–water partition coefficient (Wildman–Crippen LogP) is 2.75. The molecule has 0 fully saturated rings. The maximum Gasteiger partial charge on any atom is 0.0502 e. The highest BCUT2D eigenvalue weighted by molar-refractivity contribution is 4.87. The zero-order valence-electron chi connectivity index (χ0n) is 10.2. The average molecular weight is 199 g/mol. The van der Waals surface area contributed by atoms with Crippen LogP contribution in [-0.2, 0) is 4.74 Å². The Labute approximate surface area is 88.7 Å². The molecule has 0 aromatic heterocycles. The van der Waals surface area contributed by atoms with Crippen LogP contribution in [0.1, 0.15) is 40.5 Å². The smallest absolute Gasteiger partial charge is 0.0502 e. The first-order valence-electron chi connectivity index (χ1n) is 5.39. The first kappa shape index (κ1) is 13.7. The highest BCUT2D eigenvalue weighted by Gasteiger charge is 2.06. The molecule has 0 amide bonds. The summed E-state index contributed by atoms with van der Waals surface area (Å²) in [6, 6.07) is 0. The summed E-state index contributed by atoms with van der Waals surface area (Å²) in [5.41, 5.74) is 1.41. The van der Waals surface area contributed by atoms with Gasteiger partial charge in [0.05, 0.1) is 6.61 Å². The third-order valence-electron chi connectivity index (χ3n) is 1.79. The summed E-state index contributed by atoms with van der Waals surface area (Å²) < 4.78 is 5.46. The van der Waals surface area contributed by atoms with E-state index in [4.69, 9.17) is 4.74 Å². The topological polar surface area (TPSA) is 21.3 Å². The van der Waals surface area contributed by atoms with Gasteiger partial charge in [0.1, 0.15) is 0 Å². The Balaban J connectivity index is 3.11. The Morgan fingerprint density at radius 1 is 1.29 bits per heavy atom. The minimum atomic E-state index is 0.220. The average Bonchev–Trinajstić information content (AvgIpc) is 2.00. The van der Waals surface area contributed by atoms with Crippen LogP contribution in [0.15, 0.2) is 12.2 Å². The van der Waals surface area contributed by atoms with E-state index < -0.39 is 0 Å². The van der Waals surface area contributed by atoms with Gasteiger partial charge in [-0.2, -0.15) is 0 Å². The van der Waals surface area contributed by atoms with Crippen molar-refractivity contribution in [2.75, 3.05) is 19.8 Å². The number of rotatable bonds is 7. The molecule has 0 aromatic rings. The molecule has 0 aliphatic rings. The van der Waals surface area contributed by atoms with Gasteiger partial charge in [0.15, 0.2) is 0 Å². The maximum atomic E-state index is 5.46. The van der Waals surface area contributed by atoms with Crippen molar-refractivity contribution in [3.63, 3.8) is 0 Å². The van der Waals surface area contributed by atoms with Crippen LogP contribution >= 0.6 is 0 Å². The van der Waals surface area contributed by atoms with Crippen LogP contribution in [0.25, 0.3) is 0 Å². The van der Waals surface area contributed by atoms with Gasteiger partial charge < -0.3 is 10.1 Å². The third kappa shape index (κ3) is 11.7. The second kappa shape index (κ2) is 7.02. The molecule has 0 rings (SSSR count). The second-order valence-corrected chi connectivity index (χ2v) is 4.85. The SMILES string of the molecule is C=C(C)CCOCCCNC(C)(C)C. The van der Waals surface area contributed by atoms with E-state index in [0.29, 0.717) is 0 Å². The van der Waals surface area contributed by atoms with Crippen LogP contribution < -0.4 is 5.32 Å².